The number of thioether (sulfide) groups is 1. The van der Waals surface area contributed by atoms with E-state index in [4.69, 9.17) is 5.41 Å². The largest absolute Gasteiger partial charge is 0.358 e. The van der Waals surface area contributed by atoms with Crippen LogP contribution in [0.4, 0.5) is 5.69 Å². The van der Waals surface area contributed by atoms with Crippen molar-refractivity contribution in [2.45, 2.75) is 13.8 Å². The summed E-state index contributed by atoms with van der Waals surface area (Å²) in [5, 5.41) is 10.7. The molecule has 3 nitrogen and oxygen atoms in total. The first-order valence-electron chi connectivity index (χ1n) is 5.64. The number of amidine groups is 1. The molecule has 0 bridgehead atoms. The third-order valence-corrected chi connectivity index (χ3v) is 2.76. The maximum Gasteiger partial charge on any atom is 0.159 e. The van der Waals surface area contributed by atoms with Gasteiger partial charge in [-0.25, -0.2) is 0 Å². The van der Waals surface area contributed by atoms with Gasteiger partial charge in [0, 0.05) is 47.0 Å². The predicted molar refractivity (Wildman–Crippen MR) is 77.3 cm³/mol. The molecule has 0 fully saturated rings. The van der Waals surface area contributed by atoms with Crippen molar-refractivity contribution >= 4 is 28.8 Å². The van der Waals surface area contributed by atoms with Gasteiger partial charge in [-0.3, -0.25) is 4.99 Å². The molecular formula is C13H18N3PrS-. The molecule has 0 atom stereocenters. The average Bonchev–Trinajstić information content (AvgIpc) is 2.84. The van der Waals surface area contributed by atoms with Crippen molar-refractivity contribution in [2.24, 2.45) is 10.9 Å². The minimum absolute atomic E-state index is 0. The standard InChI is InChI=1S/C9H9N2S.C4H9N.Pr/c1-2-4-8(5-3-1)11-9-10-6-7-12-9;1-4(2)3-5;/h1-4H,6-7H2,(H,10,11);3-5H,1-2H3;/q-1;;. The first-order chi connectivity index (χ1) is 8.22. The molecular weight excluding hydrogens is 371 g/mol. The molecule has 2 N–H and O–H groups in total. The van der Waals surface area contributed by atoms with Gasteiger partial charge in [0.1, 0.15) is 0 Å². The Hall–Kier alpha value is 0.0736. The van der Waals surface area contributed by atoms with E-state index in [1.54, 1.807) is 11.8 Å². The van der Waals surface area contributed by atoms with Crippen molar-refractivity contribution in [2.75, 3.05) is 17.6 Å². The summed E-state index contributed by atoms with van der Waals surface area (Å²) >= 11 is 1.76. The van der Waals surface area contributed by atoms with Crippen molar-refractivity contribution in [3.63, 3.8) is 0 Å². The van der Waals surface area contributed by atoms with Crippen LogP contribution in [0.2, 0.25) is 0 Å². The fourth-order valence-electron chi connectivity index (χ4n) is 0.997. The van der Waals surface area contributed by atoms with Gasteiger partial charge in [-0.15, -0.1) is 6.07 Å². The number of anilines is 1. The summed E-state index contributed by atoms with van der Waals surface area (Å²) in [6.07, 6.45) is 1.42. The predicted octanol–water partition coefficient (Wildman–Crippen LogP) is 3.29. The minimum atomic E-state index is 0. The summed E-state index contributed by atoms with van der Waals surface area (Å²) in [7, 11) is 0. The van der Waals surface area contributed by atoms with Crippen molar-refractivity contribution < 1.29 is 41.3 Å². The van der Waals surface area contributed by atoms with Crippen LogP contribution < -0.4 is 5.32 Å². The molecule has 95 valence electrons. The Bertz CT molecular complexity index is 366. The molecule has 0 amide bonds. The maximum absolute atomic E-state index is 6.53. The molecule has 1 heterocycles. The summed E-state index contributed by atoms with van der Waals surface area (Å²) in [5.41, 5.74) is 0.991. The molecule has 1 radical (unpaired) electrons. The monoisotopic (exact) mass is 389 g/mol. The topological polar surface area (TPSA) is 48.2 Å². The summed E-state index contributed by atoms with van der Waals surface area (Å²) < 4.78 is 0. The van der Waals surface area contributed by atoms with Gasteiger partial charge in [-0.2, -0.15) is 24.3 Å². The van der Waals surface area contributed by atoms with Crippen molar-refractivity contribution in [3.05, 3.63) is 30.3 Å². The van der Waals surface area contributed by atoms with Crippen LogP contribution >= 0.6 is 11.8 Å². The Kier molecular flexibility index (Phi) is 11.0. The van der Waals surface area contributed by atoms with Gasteiger partial charge >= 0.3 is 0 Å². The van der Waals surface area contributed by atoms with Gasteiger partial charge in [0.05, 0.1) is 6.54 Å². The van der Waals surface area contributed by atoms with Gasteiger partial charge in [-0.05, 0) is 12.1 Å². The second-order valence-corrected chi connectivity index (χ2v) is 4.93. The fraction of sp³-hybridized carbons (Fsp3) is 0.385. The zero-order valence-corrected chi connectivity index (χ0v) is 15.3. The SMILES string of the molecule is CC(C)C=N.[Pr].[c-]1ccccc1NC1=NCCS1. The van der Waals surface area contributed by atoms with Crippen molar-refractivity contribution in [3.8, 4) is 0 Å². The van der Waals surface area contributed by atoms with Crippen LogP contribution in [0.1, 0.15) is 13.8 Å². The normalized spacial score (nSPS) is 12.9. The zero-order chi connectivity index (χ0) is 12.5. The maximum atomic E-state index is 6.53. The number of para-hydroxylation sites is 1. The molecule has 0 spiro atoms. The third-order valence-electron chi connectivity index (χ3n) is 1.87. The minimum Gasteiger partial charge on any atom is -0.358 e. The van der Waals surface area contributed by atoms with E-state index in [1.165, 1.54) is 6.21 Å². The van der Waals surface area contributed by atoms with E-state index >= 15 is 0 Å². The van der Waals surface area contributed by atoms with E-state index in [1.807, 2.05) is 38.1 Å². The van der Waals surface area contributed by atoms with E-state index in [9.17, 15) is 0 Å². The van der Waals surface area contributed by atoms with Crippen LogP contribution in [0.15, 0.2) is 29.3 Å². The molecule has 0 unspecified atom stereocenters. The molecule has 0 aliphatic carbocycles. The zero-order valence-electron chi connectivity index (χ0n) is 10.8. The van der Waals surface area contributed by atoms with Crippen molar-refractivity contribution in [1.29, 1.82) is 5.41 Å². The number of hydrogen-bond donors (Lipinski definition) is 2. The number of nitrogens with zero attached hydrogens (tertiary/aromatic N) is 1. The molecule has 2 rings (SSSR count). The Morgan fingerprint density at radius 1 is 1.50 bits per heavy atom. The molecule has 0 saturated heterocycles. The van der Waals surface area contributed by atoms with Crippen molar-refractivity contribution in [1.82, 2.24) is 0 Å². The van der Waals surface area contributed by atoms with E-state index in [0.29, 0.717) is 5.92 Å². The molecule has 1 aromatic rings. The molecule has 1 aliphatic rings. The van der Waals surface area contributed by atoms with E-state index in [0.717, 1.165) is 23.2 Å². The van der Waals surface area contributed by atoms with Gasteiger partial charge in [0.15, 0.2) is 5.17 Å². The molecule has 0 saturated carbocycles. The smallest absolute Gasteiger partial charge is 0.159 e. The van der Waals surface area contributed by atoms with Crippen LogP contribution in [-0.4, -0.2) is 23.7 Å². The number of aliphatic imine (C=N–C) groups is 1. The van der Waals surface area contributed by atoms with Crippen LogP contribution in [-0.2, 0) is 0 Å². The quantitative estimate of drug-likeness (QED) is 0.603. The fourth-order valence-corrected chi connectivity index (χ4v) is 1.74. The summed E-state index contributed by atoms with van der Waals surface area (Å²) in [5.74, 6) is 1.52. The molecule has 1 aliphatic heterocycles. The van der Waals surface area contributed by atoms with Gasteiger partial charge in [0.2, 0.25) is 0 Å². The molecule has 1 aromatic carbocycles. The number of benzene rings is 1. The summed E-state index contributed by atoms with van der Waals surface area (Å²) in [4.78, 5) is 4.28. The van der Waals surface area contributed by atoms with Crippen LogP contribution in [0.3, 0.4) is 0 Å². The first-order valence-corrected chi connectivity index (χ1v) is 6.62. The number of rotatable bonds is 2. The Balaban J connectivity index is 0.000000421. The van der Waals surface area contributed by atoms with Crippen LogP contribution in [0.5, 0.6) is 0 Å². The van der Waals surface area contributed by atoms with Gasteiger partial charge in [0.25, 0.3) is 0 Å². The molecule has 5 heteroatoms. The number of hydrogen-bond acceptors (Lipinski definition) is 4. The Labute approximate surface area is 147 Å². The molecule has 18 heavy (non-hydrogen) atoms. The van der Waals surface area contributed by atoms with Crippen LogP contribution in [0.25, 0.3) is 0 Å². The summed E-state index contributed by atoms with van der Waals surface area (Å²) in [6.45, 7) is 4.89. The Morgan fingerprint density at radius 3 is 2.67 bits per heavy atom. The second-order valence-electron chi connectivity index (χ2n) is 3.85. The molecule has 0 aromatic heterocycles. The average molecular weight is 389 g/mol. The number of nitrogens with one attached hydrogen (secondary N) is 2. The van der Waals surface area contributed by atoms with E-state index < -0.39 is 0 Å². The summed E-state index contributed by atoms with van der Waals surface area (Å²) in [6, 6.07) is 10.9. The second kappa shape index (κ2) is 10.9. The first kappa shape index (κ1) is 18.1. The van der Waals surface area contributed by atoms with E-state index in [2.05, 4.69) is 16.4 Å². The Morgan fingerprint density at radius 2 is 2.22 bits per heavy atom. The van der Waals surface area contributed by atoms with E-state index in [-0.39, 0.29) is 41.3 Å². The van der Waals surface area contributed by atoms with Crippen LogP contribution in [0, 0.1) is 58.7 Å². The van der Waals surface area contributed by atoms with Gasteiger partial charge < -0.3 is 10.7 Å². The third kappa shape index (κ3) is 8.22. The van der Waals surface area contributed by atoms with Gasteiger partial charge in [-0.1, -0.05) is 31.3 Å².